The molecule has 0 radical (unpaired) electrons. The fourth-order valence-electron chi connectivity index (χ4n) is 1.15. The third kappa shape index (κ3) is 3.38. The number of hydrogen-bond donors (Lipinski definition) is 2. The first kappa shape index (κ1) is 12.5. The summed E-state index contributed by atoms with van der Waals surface area (Å²) in [4.78, 5) is 0. The highest BCUT2D eigenvalue weighted by atomic mass is 16.3. The van der Waals surface area contributed by atoms with Gasteiger partial charge in [-0.2, -0.15) is 0 Å². The molecule has 0 aromatic carbocycles. The molecule has 0 heterocycles. The van der Waals surface area contributed by atoms with Crippen LogP contribution in [-0.4, -0.2) is 22.4 Å². The van der Waals surface area contributed by atoms with Gasteiger partial charge in [-0.1, -0.05) is 33.6 Å². The van der Waals surface area contributed by atoms with Crippen LogP contribution in [0.1, 0.15) is 34.1 Å². The van der Waals surface area contributed by atoms with Crippen LogP contribution in [-0.2, 0) is 0 Å². The van der Waals surface area contributed by atoms with Crippen LogP contribution < -0.4 is 0 Å². The lowest BCUT2D eigenvalue weighted by Gasteiger charge is -2.33. The molecule has 0 bridgehead atoms. The Morgan fingerprint density at radius 3 is 2.08 bits per heavy atom. The van der Waals surface area contributed by atoms with Crippen LogP contribution in [0.3, 0.4) is 0 Å². The zero-order chi connectivity index (χ0) is 10.6. The lowest BCUT2D eigenvalue weighted by Crippen LogP contribution is -2.40. The average Bonchev–Trinajstić information content (AvgIpc) is 2.01. The van der Waals surface area contributed by atoms with E-state index < -0.39 is 17.6 Å². The number of hydrogen-bond acceptors (Lipinski definition) is 2. The second kappa shape index (κ2) is 4.64. The maximum absolute atomic E-state index is 9.79. The third-order valence-electron chi connectivity index (χ3n) is 2.42. The highest BCUT2D eigenvalue weighted by molar-refractivity contribution is 5.03. The molecule has 2 atom stereocenters. The van der Waals surface area contributed by atoms with Crippen LogP contribution in [0, 0.1) is 23.7 Å². The fraction of sp³-hybridized carbons (Fsp3) is 0.818. The van der Waals surface area contributed by atoms with Crippen molar-refractivity contribution in [3.05, 3.63) is 0 Å². The summed E-state index contributed by atoms with van der Waals surface area (Å²) in [6, 6.07) is 0. The van der Waals surface area contributed by atoms with Crippen molar-refractivity contribution >= 4 is 0 Å². The molecule has 0 aromatic rings. The van der Waals surface area contributed by atoms with Gasteiger partial charge in [0.2, 0.25) is 0 Å². The summed E-state index contributed by atoms with van der Waals surface area (Å²) in [6.45, 7) is 7.62. The Morgan fingerprint density at radius 1 is 1.31 bits per heavy atom. The lowest BCUT2D eigenvalue weighted by atomic mass is 9.78. The van der Waals surface area contributed by atoms with E-state index in [9.17, 15) is 10.2 Å². The van der Waals surface area contributed by atoms with Crippen molar-refractivity contribution in [2.45, 2.75) is 46.3 Å². The maximum Gasteiger partial charge on any atom is 0.122 e. The van der Waals surface area contributed by atoms with E-state index in [0.717, 1.165) is 0 Å². The van der Waals surface area contributed by atoms with E-state index in [-0.39, 0.29) is 0 Å². The van der Waals surface area contributed by atoms with Crippen molar-refractivity contribution in [2.75, 3.05) is 0 Å². The Morgan fingerprint density at radius 2 is 1.77 bits per heavy atom. The molecule has 0 aromatic heterocycles. The van der Waals surface area contributed by atoms with Gasteiger partial charge in [0, 0.05) is 5.41 Å². The van der Waals surface area contributed by atoms with Crippen LogP contribution in [0.4, 0.5) is 0 Å². The minimum atomic E-state index is -0.888. The van der Waals surface area contributed by atoms with Crippen molar-refractivity contribution in [1.29, 1.82) is 0 Å². The van der Waals surface area contributed by atoms with Crippen LogP contribution in [0.5, 0.6) is 0 Å². The van der Waals surface area contributed by atoms with E-state index in [1.165, 1.54) is 0 Å². The molecule has 13 heavy (non-hydrogen) atoms. The van der Waals surface area contributed by atoms with Gasteiger partial charge in [-0.25, -0.2) is 0 Å². The second-order valence-electron chi connectivity index (χ2n) is 4.54. The molecular formula is C11H20O2. The van der Waals surface area contributed by atoms with Gasteiger partial charge in [0.15, 0.2) is 0 Å². The molecule has 0 fully saturated rings. The molecule has 0 spiro atoms. The highest BCUT2D eigenvalue weighted by Crippen LogP contribution is 2.29. The first-order valence-electron chi connectivity index (χ1n) is 4.64. The first-order chi connectivity index (χ1) is 5.82. The minimum absolute atomic E-state index is 0.402. The highest BCUT2D eigenvalue weighted by Gasteiger charge is 2.34. The van der Waals surface area contributed by atoms with E-state index in [1.807, 2.05) is 13.8 Å². The number of aliphatic hydroxyl groups is 2. The molecule has 0 saturated heterocycles. The van der Waals surface area contributed by atoms with Crippen molar-refractivity contribution in [3.63, 3.8) is 0 Å². The molecule has 0 aliphatic rings. The summed E-state index contributed by atoms with van der Waals surface area (Å²) in [7, 11) is 0. The van der Waals surface area contributed by atoms with Gasteiger partial charge in [-0.15, -0.1) is 6.42 Å². The molecule has 76 valence electrons. The number of aliphatic hydroxyl groups excluding tert-OH is 2. The van der Waals surface area contributed by atoms with E-state index in [0.29, 0.717) is 12.3 Å². The fourth-order valence-corrected chi connectivity index (χ4v) is 1.15. The second-order valence-corrected chi connectivity index (χ2v) is 4.54. The molecule has 0 unspecified atom stereocenters. The van der Waals surface area contributed by atoms with Gasteiger partial charge in [0.25, 0.3) is 0 Å². The summed E-state index contributed by atoms with van der Waals surface area (Å²) in [6.07, 6.45) is 4.33. The average molecular weight is 184 g/mol. The standard InChI is InChI=1S/C11H20O2/c1-6-9(12)11(4,5)10(13)7-8(2)3/h1,8-10,12-13H,7H2,2-5H3/t9-,10-/m1/s1. The lowest BCUT2D eigenvalue weighted by molar-refractivity contribution is -0.0310. The van der Waals surface area contributed by atoms with Crippen LogP contribution >= 0.6 is 0 Å². The third-order valence-corrected chi connectivity index (χ3v) is 2.42. The maximum atomic E-state index is 9.79. The Hall–Kier alpha value is -0.520. The smallest absolute Gasteiger partial charge is 0.122 e. The normalized spacial score (nSPS) is 16.8. The topological polar surface area (TPSA) is 40.5 Å². The van der Waals surface area contributed by atoms with Crippen molar-refractivity contribution in [3.8, 4) is 12.3 Å². The molecule has 2 N–H and O–H groups in total. The van der Waals surface area contributed by atoms with Crippen molar-refractivity contribution in [2.24, 2.45) is 11.3 Å². The number of terminal acetylenes is 1. The summed E-state index contributed by atoms with van der Waals surface area (Å²) >= 11 is 0. The van der Waals surface area contributed by atoms with Crippen molar-refractivity contribution in [1.82, 2.24) is 0 Å². The molecule has 0 saturated carbocycles. The van der Waals surface area contributed by atoms with E-state index in [4.69, 9.17) is 6.42 Å². The summed E-state index contributed by atoms with van der Waals surface area (Å²) < 4.78 is 0. The van der Waals surface area contributed by atoms with Gasteiger partial charge in [0.1, 0.15) is 6.10 Å². The molecule has 2 heteroatoms. The molecule has 0 rings (SSSR count). The molecule has 0 aliphatic carbocycles. The van der Waals surface area contributed by atoms with Crippen LogP contribution in [0.2, 0.25) is 0 Å². The quantitative estimate of drug-likeness (QED) is 0.649. The Kier molecular flexibility index (Phi) is 4.46. The van der Waals surface area contributed by atoms with Gasteiger partial charge in [-0.3, -0.25) is 0 Å². The predicted molar refractivity (Wildman–Crippen MR) is 54.1 cm³/mol. The van der Waals surface area contributed by atoms with Gasteiger partial charge >= 0.3 is 0 Å². The zero-order valence-electron chi connectivity index (χ0n) is 8.91. The van der Waals surface area contributed by atoms with Crippen LogP contribution in [0.15, 0.2) is 0 Å². The SMILES string of the molecule is C#C[C@@H](O)C(C)(C)[C@H](O)CC(C)C. The van der Waals surface area contributed by atoms with Crippen LogP contribution in [0.25, 0.3) is 0 Å². The molecule has 2 nitrogen and oxygen atoms in total. The first-order valence-corrected chi connectivity index (χ1v) is 4.64. The van der Waals surface area contributed by atoms with E-state index in [1.54, 1.807) is 13.8 Å². The molecule has 0 aliphatic heterocycles. The molecular weight excluding hydrogens is 164 g/mol. The van der Waals surface area contributed by atoms with Gasteiger partial charge in [0.05, 0.1) is 6.10 Å². The van der Waals surface area contributed by atoms with Gasteiger partial charge < -0.3 is 10.2 Å². The summed E-state index contributed by atoms with van der Waals surface area (Å²) in [5, 5.41) is 19.3. The Balaban J connectivity index is 4.37. The predicted octanol–water partition coefficient (Wildman–Crippen LogP) is 1.41. The Labute approximate surface area is 81.0 Å². The Bertz CT molecular complexity index is 189. The zero-order valence-corrected chi connectivity index (χ0v) is 8.91. The van der Waals surface area contributed by atoms with Crippen molar-refractivity contribution < 1.29 is 10.2 Å². The number of rotatable bonds is 4. The minimum Gasteiger partial charge on any atom is -0.392 e. The molecule has 0 amide bonds. The summed E-state index contributed by atoms with van der Waals surface area (Å²) in [5.74, 6) is 2.66. The summed E-state index contributed by atoms with van der Waals surface area (Å²) in [5.41, 5.74) is -0.626. The van der Waals surface area contributed by atoms with E-state index in [2.05, 4.69) is 5.92 Å². The monoisotopic (exact) mass is 184 g/mol. The largest absolute Gasteiger partial charge is 0.392 e. The van der Waals surface area contributed by atoms with Gasteiger partial charge in [-0.05, 0) is 12.3 Å². The van der Waals surface area contributed by atoms with E-state index >= 15 is 0 Å².